The number of primary amides is 2. The Balaban J connectivity index is 0.0000343. The fraction of sp³-hybridized carbons (Fsp3) is 0.562. The Labute approximate surface area is 743 Å². The van der Waals surface area contributed by atoms with Crippen LogP contribution in [0.15, 0.2) is 85.1 Å². The number of benzene rings is 3. The number of aliphatic hydroxyl groups is 2. The number of aromatic hydroxyl groups is 1. The van der Waals surface area contributed by atoms with Crippen molar-refractivity contribution < 1.29 is 111 Å². The number of carbonyl (C=O) groups excluding carboxylic acids is 16. The highest BCUT2D eigenvalue weighted by atomic mass is 19.2. The normalized spacial score (nSPS) is 22.0. The first kappa shape index (κ1) is 108. The summed E-state index contributed by atoms with van der Waals surface area (Å²) in [5.74, 6) is -21.5. The first-order valence-corrected chi connectivity index (χ1v) is 42.7. The van der Waals surface area contributed by atoms with Gasteiger partial charge in [0.1, 0.15) is 77.2 Å². The summed E-state index contributed by atoms with van der Waals surface area (Å²) in [6.07, 6.45) is 1.12. The molecule has 0 saturated heterocycles. The van der Waals surface area contributed by atoms with E-state index >= 15 is 33.2 Å². The first-order valence-electron chi connectivity index (χ1n) is 42.7. The zero-order chi connectivity index (χ0) is 94.7. The monoisotopic (exact) mass is 1800 g/mol. The number of rotatable bonds is 33. The highest BCUT2D eigenvalue weighted by Crippen LogP contribution is 2.26. The number of aliphatic carboxylic acids is 1. The van der Waals surface area contributed by atoms with Crippen LogP contribution in [0.1, 0.15) is 209 Å². The molecule has 37 nitrogen and oxygen atoms in total. The van der Waals surface area contributed by atoms with Crippen molar-refractivity contribution in [2.24, 2.45) is 29.2 Å². The average Bonchev–Trinajstić information content (AvgIpc) is 1.57. The number of phenols is 1. The van der Waals surface area contributed by atoms with Crippen LogP contribution >= 0.6 is 0 Å². The third-order valence-corrected chi connectivity index (χ3v) is 21.7. The van der Waals surface area contributed by atoms with Gasteiger partial charge in [-0.3, -0.25) is 81.5 Å². The maximum absolute atomic E-state index is 15.5. The van der Waals surface area contributed by atoms with Crippen LogP contribution in [-0.4, -0.2) is 216 Å². The van der Waals surface area contributed by atoms with Crippen molar-refractivity contribution in [1.82, 2.24) is 74.1 Å². The number of carboxylic acid groups (broad SMARTS) is 1. The van der Waals surface area contributed by atoms with Gasteiger partial charge in [-0.2, -0.15) is 0 Å². The largest absolute Gasteiger partial charge is 0.508 e. The Hall–Kier alpha value is -12.3. The number of nitrogens with one attached hydrogen (secondary N) is 14. The number of aliphatic hydroxyl groups excluding tert-OH is 2. The van der Waals surface area contributed by atoms with Crippen molar-refractivity contribution >= 4 is 111 Å². The van der Waals surface area contributed by atoms with Gasteiger partial charge < -0.3 is 106 Å². The number of hydrogen-bond donors (Lipinski definition) is 20. The predicted octanol–water partition coefficient (Wildman–Crippen LogP) is 2.10. The van der Waals surface area contributed by atoms with E-state index in [9.17, 15) is 77.6 Å². The van der Waals surface area contributed by atoms with E-state index in [0.29, 0.717) is 48.6 Å². The van der Waals surface area contributed by atoms with E-state index in [1.807, 2.05) is 19.9 Å². The van der Waals surface area contributed by atoms with Crippen molar-refractivity contribution in [3.63, 3.8) is 0 Å². The number of carbonyl (C=O) groups is 17. The number of H-pyrrole nitrogens is 1. The van der Waals surface area contributed by atoms with Gasteiger partial charge in [0.2, 0.25) is 88.6 Å². The smallest absolute Gasteiger partial charge is 0.303 e. The lowest BCUT2D eigenvalue weighted by molar-refractivity contribution is -0.140. The van der Waals surface area contributed by atoms with Crippen LogP contribution in [0.2, 0.25) is 0 Å². The zero-order valence-corrected chi connectivity index (χ0v) is 73.7. The van der Waals surface area contributed by atoms with Crippen LogP contribution < -0.4 is 80.6 Å². The van der Waals surface area contributed by atoms with Crippen molar-refractivity contribution in [3.05, 3.63) is 113 Å². The molecule has 2 heterocycles. The minimum Gasteiger partial charge on any atom is -0.508 e. The molecule has 0 spiro atoms. The molecule has 1 aliphatic rings. The van der Waals surface area contributed by atoms with E-state index in [4.69, 9.17) is 11.5 Å². The summed E-state index contributed by atoms with van der Waals surface area (Å²) in [5.41, 5.74) is 7.98. The van der Waals surface area contributed by atoms with Gasteiger partial charge in [-0.15, -0.1) is 0 Å². The fourth-order valence-electron chi connectivity index (χ4n) is 14.1. The second-order valence-electron chi connectivity index (χ2n) is 33.8. The summed E-state index contributed by atoms with van der Waals surface area (Å²) in [4.78, 5) is 243. The Kier molecular flexibility index (Phi) is 44.0. The molecule has 5 rings (SSSR count). The van der Waals surface area contributed by atoms with Gasteiger partial charge in [0.25, 0.3) is 0 Å². The summed E-state index contributed by atoms with van der Waals surface area (Å²) < 4.78 is 29.6. The topological polar surface area (TPSA) is 595 Å². The molecule has 3 aromatic carbocycles. The van der Waals surface area contributed by atoms with Crippen LogP contribution in [0.5, 0.6) is 5.75 Å². The second kappa shape index (κ2) is 52.1. The summed E-state index contributed by atoms with van der Waals surface area (Å²) in [5, 5.41) is 75.8. The molecule has 706 valence electrons. The number of nitrogens with two attached hydrogens (primary N) is 2. The van der Waals surface area contributed by atoms with Crippen molar-refractivity contribution in [1.29, 1.82) is 0 Å². The number of aromatic nitrogens is 1. The standard InChI is InChI=1S/C88H126F2N16O21.CH4/c1-47(2)25-29-56-44-70(111)63(33-35-71(91)112)98-76(117)51(7)95-79(120)68(43-57-45-93-62-24-20-19-23-59(57)62)100-80(121)66(41-54-26-30-58(110)31-27-54)99-78(119)64(34-36-72(113)114)102-85(126)88(11,106-83(124)67(42-55-28-32-60(89)61(90)40-55)101-84(125)73(52(8)108)104-81(122)65(39-48(3)4)97-53(9)109)38-22-18-16-14-12-13-15-17-21-37-87(10,105-77(56)118)86(127)103-69(46-107)82(123)96-50(6)75(116)94-49(5)74(92)115;/h13,15,19-20,23-24,26-28,30-32,40,45,47-52,56,63-69,73,93,107-108,110H,12,14,16-18,21-22,25,29,33-39,41-44,46H2,1-11H3,(H2,91,112)(H2,92,115)(H,94,116)(H,95,120)(H,96,123)(H,97,109)(H,98,117)(H,99,119)(H,100,121)(H,101,125)(H,102,126)(H,103,127)(H,104,122)(H,105,118)(H,106,124)(H,113,114);1H4/b15-13+;/t49-,50-,51-,52+,56+,63-,64-,65-,66-,67-,68-,69-,73-,87-,88+;/m0./s1. The number of phenolic OH excluding ortho intramolecular Hbond substituents is 1. The molecule has 4 aromatic rings. The highest BCUT2D eigenvalue weighted by Gasteiger charge is 2.44. The minimum absolute atomic E-state index is 0. The van der Waals surface area contributed by atoms with Crippen molar-refractivity contribution in [2.45, 2.75) is 296 Å². The quantitative estimate of drug-likeness (QED) is 0.0304. The molecule has 15 amide bonds. The minimum atomic E-state index is -2.21. The van der Waals surface area contributed by atoms with Crippen LogP contribution in [0, 0.1) is 29.4 Å². The average molecular weight is 1800 g/mol. The van der Waals surface area contributed by atoms with E-state index in [0.717, 1.165) is 32.0 Å². The molecule has 0 unspecified atom stereocenters. The first-order chi connectivity index (χ1) is 59.7. The molecule has 128 heavy (non-hydrogen) atoms. The van der Waals surface area contributed by atoms with Gasteiger partial charge in [0.05, 0.1) is 18.8 Å². The summed E-state index contributed by atoms with van der Waals surface area (Å²) >= 11 is 0. The molecule has 22 N–H and O–H groups in total. The van der Waals surface area contributed by atoms with E-state index in [1.54, 1.807) is 50.4 Å². The number of halogens is 2. The maximum atomic E-state index is 15.5. The molecule has 39 heteroatoms. The molecule has 1 aromatic heterocycles. The second-order valence-corrected chi connectivity index (χ2v) is 33.8. The third kappa shape index (κ3) is 35.5. The number of aromatic amines is 1. The summed E-state index contributed by atoms with van der Waals surface area (Å²) in [6, 6.07) is -2.92. The molecule has 0 saturated carbocycles. The number of para-hydroxylation sites is 1. The number of amides is 15. The molecule has 15 atom stereocenters. The van der Waals surface area contributed by atoms with Crippen LogP contribution in [-0.2, 0) is 101 Å². The van der Waals surface area contributed by atoms with Crippen LogP contribution in [0.3, 0.4) is 0 Å². The number of carboxylic acids is 1. The molecule has 0 aliphatic carbocycles. The molecule has 0 fully saturated rings. The van der Waals surface area contributed by atoms with Crippen molar-refractivity contribution in [2.75, 3.05) is 6.61 Å². The Morgan fingerprint density at radius 1 is 0.578 bits per heavy atom. The number of fused-ring (bicyclic) bond motifs is 1. The highest BCUT2D eigenvalue weighted by molar-refractivity contribution is 6.02. The van der Waals surface area contributed by atoms with E-state index in [1.165, 1.54) is 58.9 Å². The number of allylic oxidation sites excluding steroid dienone is 2. The fourth-order valence-corrected chi connectivity index (χ4v) is 14.1. The maximum Gasteiger partial charge on any atom is 0.303 e. The van der Waals surface area contributed by atoms with E-state index in [2.05, 4.69) is 74.1 Å². The van der Waals surface area contributed by atoms with Gasteiger partial charge in [0, 0.05) is 68.5 Å². The van der Waals surface area contributed by atoms with Crippen molar-refractivity contribution in [3.8, 4) is 5.75 Å². The lowest BCUT2D eigenvalue weighted by Gasteiger charge is -2.34. The summed E-state index contributed by atoms with van der Waals surface area (Å²) in [6.45, 7) is 14.9. The Morgan fingerprint density at radius 2 is 1.17 bits per heavy atom. The number of ketones is 1. The molecular weight excluding hydrogens is 1670 g/mol. The third-order valence-electron chi connectivity index (χ3n) is 21.7. The number of hydrogen-bond acceptors (Lipinski definition) is 20. The SMILES string of the molecule is C.CC(=O)N[C@@H](CC(C)C)C(=O)N[C@H](C(=O)N[C@@H](Cc1ccc(F)c(F)c1)C(=O)N[C@]1(C)CCCCCC/C=C/CCC[C@@](C)(C(=O)N[C@@H](CO)C(=O)N[C@@H](C)C(=O)N[C@@H](C)C(N)=O)NC(=O)[C@H](CCC(C)C)CC(=O)[C@H](CCC(N)=O)NC(=O)[C@H](C)NC(=O)[C@H](Cc2c[nH]c3ccccc23)NC(=O)[C@H](Cc2ccc(O)cc2)NC(=O)[C@H](CCC(=O)O)NC1=O)[C@@H](C)O. The Bertz CT molecular complexity index is 4560. The van der Waals surface area contributed by atoms with E-state index in [-0.39, 0.29) is 87.5 Å². The van der Waals surface area contributed by atoms with Gasteiger partial charge in [-0.25, -0.2) is 8.78 Å². The van der Waals surface area contributed by atoms with Gasteiger partial charge in [-0.1, -0.05) is 109 Å². The van der Waals surface area contributed by atoms with Gasteiger partial charge in [-0.05, 0) is 165 Å². The predicted molar refractivity (Wildman–Crippen MR) is 468 cm³/mol. The Morgan fingerprint density at radius 3 is 1.78 bits per heavy atom. The lowest BCUT2D eigenvalue weighted by atomic mass is 9.87. The molecule has 1 aliphatic heterocycles. The summed E-state index contributed by atoms with van der Waals surface area (Å²) in [7, 11) is 0. The number of Topliss-reactive ketones (excluding diaryl/α,β-unsaturated/α-hetero) is 1. The molecule has 0 bridgehead atoms. The zero-order valence-electron chi connectivity index (χ0n) is 73.7. The molecular formula is C89H130F2N16O21. The van der Waals surface area contributed by atoms with Gasteiger partial charge in [0.15, 0.2) is 17.4 Å². The molecule has 0 radical (unpaired) electrons. The lowest BCUT2D eigenvalue weighted by Crippen LogP contribution is -2.65. The van der Waals surface area contributed by atoms with Gasteiger partial charge >= 0.3 is 5.97 Å². The van der Waals surface area contributed by atoms with E-state index < -0.39 is 253 Å². The van der Waals surface area contributed by atoms with Crippen LogP contribution in [0.25, 0.3) is 10.9 Å². The van der Waals surface area contributed by atoms with Crippen LogP contribution in [0.4, 0.5) is 8.78 Å².